The fourth-order valence-corrected chi connectivity index (χ4v) is 2.21. The molecule has 3 rings (SSSR count). The largest absolute Gasteiger partial charge is 0.384 e. The second-order valence-corrected chi connectivity index (χ2v) is 4.83. The van der Waals surface area contributed by atoms with E-state index in [0.717, 1.165) is 5.39 Å². The highest BCUT2D eigenvalue weighted by Crippen LogP contribution is 2.23. The Kier molecular flexibility index (Phi) is 3.41. The minimum atomic E-state index is -0.354. The van der Waals surface area contributed by atoms with Crippen LogP contribution in [0.3, 0.4) is 0 Å². The highest BCUT2D eigenvalue weighted by molar-refractivity contribution is 6.34. The van der Waals surface area contributed by atoms with Crippen LogP contribution in [0.1, 0.15) is 10.4 Å². The molecule has 5 nitrogen and oxygen atoms in total. The van der Waals surface area contributed by atoms with Gasteiger partial charge in [-0.2, -0.15) is 0 Å². The number of aromatic nitrogens is 2. The zero-order valence-corrected chi connectivity index (χ0v) is 11.6. The summed E-state index contributed by atoms with van der Waals surface area (Å²) in [5, 5.41) is 3.99. The maximum atomic E-state index is 12.3. The molecule has 3 aromatic rings. The van der Waals surface area contributed by atoms with Gasteiger partial charge in [-0.1, -0.05) is 29.8 Å². The second kappa shape index (κ2) is 5.38. The van der Waals surface area contributed by atoms with Crippen molar-refractivity contribution >= 4 is 39.9 Å². The summed E-state index contributed by atoms with van der Waals surface area (Å²) in [5.74, 6) is -0.118. The minimum Gasteiger partial charge on any atom is -0.384 e. The van der Waals surface area contributed by atoms with Crippen molar-refractivity contribution in [3.63, 3.8) is 0 Å². The summed E-state index contributed by atoms with van der Waals surface area (Å²) in [5.41, 5.74) is 7.19. The van der Waals surface area contributed by atoms with E-state index >= 15 is 0 Å². The number of nitrogens with zero attached hydrogens (tertiary/aromatic N) is 2. The molecule has 104 valence electrons. The highest BCUT2D eigenvalue weighted by atomic mass is 35.5. The average molecular weight is 299 g/mol. The first-order valence-corrected chi connectivity index (χ1v) is 6.59. The Bertz CT molecular complexity index is 830. The monoisotopic (exact) mass is 298 g/mol. The minimum absolute atomic E-state index is 0.237. The number of carbonyl (C=O) groups is 1. The molecule has 0 radical (unpaired) electrons. The number of amides is 1. The number of fused-ring (bicyclic) bond motifs is 1. The molecule has 0 bridgehead atoms. The first kappa shape index (κ1) is 13.3. The Labute approximate surface area is 125 Å². The van der Waals surface area contributed by atoms with E-state index in [9.17, 15) is 4.79 Å². The van der Waals surface area contributed by atoms with Crippen molar-refractivity contribution in [1.82, 2.24) is 9.97 Å². The number of pyridine rings is 2. The van der Waals surface area contributed by atoms with Gasteiger partial charge in [-0.15, -0.1) is 0 Å². The molecular weight excluding hydrogens is 288 g/mol. The maximum absolute atomic E-state index is 12.3. The lowest BCUT2D eigenvalue weighted by Gasteiger charge is -2.09. The average Bonchev–Trinajstić information content (AvgIpc) is 2.50. The number of anilines is 2. The van der Waals surface area contributed by atoms with Crippen LogP contribution in [0.2, 0.25) is 5.02 Å². The van der Waals surface area contributed by atoms with Gasteiger partial charge in [0.1, 0.15) is 5.82 Å². The molecule has 1 amide bonds. The molecule has 0 unspecified atom stereocenters. The van der Waals surface area contributed by atoms with Crippen LogP contribution in [0.4, 0.5) is 11.5 Å². The number of nitrogens with two attached hydrogens (primary N) is 1. The van der Waals surface area contributed by atoms with E-state index in [2.05, 4.69) is 15.3 Å². The summed E-state index contributed by atoms with van der Waals surface area (Å²) in [7, 11) is 0. The van der Waals surface area contributed by atoms with Gasteiger partial charge in [-0.25, -0.2) is 4.98 Å². The molecule has 2 heterocycles. The first-order valence-electron chi connectivity index (χ1n) is 6.21. The van der Waals surface area contributed by atoms with E-state index in [1.165, 1.54) is 12.3 Å². The smallest absolute Gasteiger partial charge is 0.257 e. The van der Waals surface area contributed by atoms with Gasteiger partial charge in [0.25, 0.3) is 5.91 Å². The second-order valence-electron chi connectivity index (χ2n) is 4.42. The van der Waals surface area contributed by atoms with Gasteiger partial charge >= 0.3 is 0 Å². The Balaban J connectivity index is 1.99. The first-order chi connectivity index (χ1) is 10.1. The normalized spacial score (nSPS) is 10.5. The number of para-hydroxylation sites is 1. The lowest BCUT2D eigenvalue weighted by Crippen LogP contribution is -2.13. The standard InChI is InChI=1S/C15H11ClN4O/c16-11-8-19-13(17)7-10(11)15(21)20-12-5-1-3-9-4-2-6-18-14(9)12/h1-8H,(H2,17,19)(H,20,21). The highest BCUT2D eigenvalue weighted by Gasteiger charge is 2.13. The predicted molar refractivity (Wildman–Crippen MR) is 83.4 cm³/mol. The molecule has 0 saturated heterocycles. The van der Waals surface area contributed by atoms with Crippen molar-refractivity contribution in [2.24, 2.45) is 0 Å². The van der Waals surface area contributed by atoms with Crippen LogP contribution >= 0.6 is 11.6 Å². The molecule has 0 saturated carbocycles. The molecule has 1 aromatic carbocycles. The molecule has 0 spiro atoms. The van der Waals surface area contributed by atoms with Gasteiger partial charge in [0.15, 0.2) is 0 Å². The molecule has 0 aliphatic rings. The van der Waals surface area contributed by atoms with E-state index in [-0.39, 0.29) is 22.3 Å². The zero-order chi connectivity index (χ0) is 14.8. The van der Waals surface area contributed by atoms with Crippen LogP contribution < -0.4 is 11.1 Å². The van der Waals surface area contributed by atoms with Crippen molar-refractivity contribution in [3.8, 4) is 0 Å². The van der Waals surface area contributed by atoms with Crippen LogP contribution in [0.5, 0.6) is 0 Å². The lowest BCUT2D eigenvalue weighted by molar-refractivity contribution is 0.102. The summed E-state index contributed by atoms with van der Waals surface area (Å²) < 4.78 is 0. The van der Waals surface area contributed by atoms with E-state index in [0.29, 0.717) is 11.2 Å². The Morgan fingerprint density at radius 3 is 2.86 bits per heavy atom. The number of nitrogen functional groups attached to an aromatic ring is 1. The van der Waals surface area contributed by atoms with Gasteiger partial charge in [0.05, 0.1) is 21.8 Å². The Hall–Kier alpha value is -2.66. The lowest BCUT2D eigenvalue weighted by atomic mass is 10.1. The van der Waals surface area contributed by atoms with Crippen LogP contribution in [0.25, 0.3) is 10.9 Å². The van der Waals surface area contributed by atoms with Crippen molar-refractivity contribution in [2.45, 2.75) is 0 Å². The summed E-state index contributed by atoms with van der Waals surface area (Å²) >= 11 is 5.98. The van der Waals surface area contributed by atoms with Crippen molar-refractivity contribution in [2.75, 3.05) is 11.1 Å². The number of nitrogens with one attached hydrogen (secondary N) is 1. The summed E-state index contributed by atoms with van der Waals surface area (Å²) in [6, 6.07) is 10.8. The number of carbonyl (C=O) groups excluding carboxylic acids is 1. The number of hydrogen-bond acceptors (Lipinski definition) is 4. The predicted octanol–water partition coefficient (Wildman–Crippen LogP) is 3.12. The van der Waals surface area contributed by atoms with Crippen molar-refractivity contribution in [1.29, 1.82) is 0 Å². The van der Waals surface area contributed by atoms with E-state index in [1.807, 2.05) is 24.3 Å². The van der Waals surface area contributed by atoms with E-state index in [4.69, 9.17) is 17.3 Å². The third kappa shape index (κ3) is 2.64. The van der Waals surface area contributed by atoms with Crippen molar-refractivity contribution < 1.29 is 4.79 Å². The van der Waals surface area contributed by atoms with Gasteiger partial charge < -0.3 is 11.1 Å². The van der Waals surface area contributed by atoms with Gasteiger partial charge in [0.2, 0.25) is 0 Å². The van der Waals surface area contributed by atoms with Crippen LogP contribution in [-0.2, 0) is 0 Å². The molecule has 0 fully saturated rings. The zero-order valence-electron chi connectivity index (χ0n) is 10.9. The number of rotatable bonds is 2. The molecule has 0 aliphatic carbocycles. The number of halogens is 1. The van der Waals surface area contributed by atoms with Crippen molar-refractivity contribution in [3.05, 3.63) is 59.4 Å². The van der Waals surface area contributed by atoms with Gasteiger partial charge in [0, 0.05) is 17.8 Å². The molecular formula is C15H11ClN4O. The number of benzene rings is 1. The Morgan fingerprint density at radius 2 is 2.00 bits per heavy atom. The quantitative estimate of drug-likeness (QED) is 0.761. The Morgan fingerprint density at radius 1 is 1.19 bits per heavy atom. The molecule has 21 heavy (non-hydrogen) atoms. The maximum Gasteiger partial charge on any atom is 0.257 e. The van der Waals surface area contributed by atoms with Gasteiger partial charge in [-0.05, 0) is 18.2 Å². The third-order valence-electron chi connectivity index (χ3n) is 3.00. The summed E-state index contributed by atoms with van der Waals surface area (Å²) in [6.07, 6.45) is 3.03. The van der Waals surface area contributed by atoms with Crippen LogP contribution in [-0.4, -0.2) is 15.9 Å². The van der Waals surface area contributed by atoms with E-state index in [1.54, 1.807) is 12.3 Å². The topological polar surface area (TPSA) is 80.9 Å². The molecule has 6 heteroatoms. The fourth-order valence-electron chi connectivity index (χ4n) is 2.02. The third-order valence-corrected chi connectivity index (χ3v) is 3.30. The molecule has 0 atom stereocenters. The fraction of sp³-hybridized carbons (Fsp3) is 0. The molecule has 3 N–H and O–H groups in total. The molecule has 2 aromatic heterocycles. The van der Waals surface area contributed by atoms with Gasteiger partial charge in [-0.3, -0.25) is 9.78 Å². The molecule has 0 aliphatic heterocycles. The van der Waals surface area contributed by atoms with Crippen LogP contribution in [0, 0.1) is 0 Å². The summed E-state index contributed by atoms with van der Waals surface area (Å²) in [6.45, 7) is 0. The van der Waals surface area contributed by atoms with E-state index < -0.39 is 0 Å². The SMILES string of the molecule is Nc1cc(C(=O)Nc2cccc3cccnc23)c(Cl)cn1. The number of hydrogen-bond donors (Lipinski definition) is 2. The summed E-state index contributed by atoms with van der Waals surface area (Å²) in [4.78, 5) is 20.4. The van der Waals surface area contributed by atoms with Crippen LogP contribution in [0.15, 0.2) is 48.8 Å².